The van der Waals surface area contributed by atoms with E-state index < -0.39 is 26.4 Å². The molecular weight excluding hydrogens is 322 g/mol. The maximum Gasteiger partial charge on any atom is 0.311 e. The van der Waals surface area contributed by atoms with Crippen molar-refractivity contribution < 1.29 is 18.4 Å². The highest BCUT2D eigenvalue weighted by molar-refractivity contribution is 7.89. The summed E-state index contributed by atoms with van der Waals surface area (Å²) in [5.74, 6) is -0.479. The first kappa shape index (κ1) is 16.4. The first-order valence-electron chi connectivity index (χ1n) is 6.38. The van der Waals surface area contributed by atoms with Crippen molar-refractivity contribution in [3.63, 3.8) is 0 Å². The van der Waals surface area contributed by atoms with E-state index in [0.29, 0.717) is 0 Å². The number of aryl methyl sites for hydroxylation is 1. The van der Waals surface area contributed by atoms with E-state index in [1.807, 2.05) is 11.8 Å². The second kappa shape index (κ2) is 6.44. The van der Waals surface area contributed by atoms with Crippen LogP contribution in [-0.4, -0.2) is 24.7 Å². The van der Waals surface area contributed by atoms with Crippen LogP contribution < -0.4 is 4.83 Å². The molecule has 0 heterocycles. The number of phenols is 1. The molecule has 2 aromatic carbocycles. The Labute approximate surface area is 132 Å². The number of hydrazone groups is 1. The van der Waals surface area contributed by atoms with Crippen LogP contribution in [0.25, 0.3) is 0 Å². The summed E-state index contributed by atoms with van der Waals surface area (Å²) in [6.07, 6.45) is 1.11. The molecule has 0 saturated carbocycles. The predicted octanol–water partition coefficient (Wildman–Crippen LogP) is 1.92. The average Bonchev–Trinajstić information content (AvgIpc) is 2.49. The van der Waals surface area contributed by atoms with Gasteiger partial charge in [-0.05, 0) is 31.2 Å². The summed E-state index contributed by atoms with van der Waals surface area (Å²) in [4.78, 5) is 12.0. The zero-order chi connectivity index (χ0) is 17.0. The van der Waals surface area contributed by atoms with E-state index in [-0.39, 0.29) is 10.5 Å². The molecule has 0 unspecified atom stereocenters. The van der Waals surface area contributed by atoms with Gasteiger partial charge in [0.1, 0.15) is 0 Å². The normalized spacial score (nSPS) is 11.5. The molecule has 0 aliphatic carbocycles. The Morgan fingerprint density at radius 1 is 1.22 bits per heavy atom. The van der Waals surface area contributed by atoms with Crippen LogP contribution in [0.4, 0.5) is 5.69 Å². The molecule has 2 rings (SSSR count). The molecule has 8 nitrogen and oxygen atoms in total. The number of nitrogens with zero attached hydrogens (tertiary/aromatic N) is 2. The van der Waals surface area contributed by atoms with Gasteiger partial charge in [-0.3, -0.25) is 10.1 Å². The number of nitro benzene ring substituents is 1. The SMILES string of the molecule is Cc1ccc(S(=O)(=O)NN=Cc2ccc(O)c([N+](=O)[O-])c2)cc1. The van der Waals surface area contributed by atoms with Crippen molar-refractivity contribution in [2.24, 2.45) is 5.10 Å². The lowest BCUT2D eigenvalue weighted by molar-refractivity contribution is -0.385. The molecule has 0 aliphatic rings. The quantitative estimate of drug-likeness (QED) is 0.491. The number of phenolic OH excluding ortho intramolecular Hbond substituents is 1. The van der Waals surface area contributed by atoms with Crippen LogP contribution in [0.15, 0.2) is 52.5 Å². The van der Waals surface area contributed by atoms with Crippen molar-refractivity contribution in [1.29, 1.82) is 0 Å². The summed E-state index contributed by atoms with van der Waals surface area (Å²) in [5.41, 5.74) is 0.695. The van der Waals surface area contributed by atoms with Gasteiger partial charge in [0.05, 0.1) is 16.0 Å². The van der Waals surface area contributed by atoms with E-state index in [4.69, 9.17) is 0 Å². The molecule has 0 aromatic heterocycles. The van der Waals surface area contributed by atoms with Gasteiger partial charge in [0, 0.05) is 11.6 Å². The Morgan fingerprint density at radius 2 is 1.87 bits per heavy atom. The lowest BCUT2D eigenvalue weighted by Gasteiger charge is -2.03. The molecule has 0 aliphatic heterocycles. The molecule has 0 atom stereocenters. The van der Waals surface area contributed by atoms with Crippen LogP contribution in [-0.2, 0) is 10.0 Å². The molecule has 0 radical (unpaired) electrons. The predicted molar refractivity (Wildman–Crippen MR) is 83.9 cm³/mol. The average molecular weight is 335 g/mol. The largest absolute Gasteiger partial charge is 0.502 e. The van der Waals surface area contributed by atoms with E-state index in [1.54, 1.807) is 12.1 Å². The summed E-state index contributed by atoms with van der Waals surface area (Å²) in [7, 11) is -3.81. The standard InChI is InChI=1S/C14H13N3O5S/c1-10-2-5-12(6-3-10)23(21,22)16-15-9-11-4-7-14(18)13(8-11)17(19)20/h2-9,16,18H,1H3. The number of nitrogens with one attached hydrogen (secondary N) is 1. The molecule has 2 N–H and O–H groups in total. The van der Waals surface area contributed by atoms with Crippen LogP contribution in [0.2, 0.25) is 0 Å². The van der Waals surface area contributed by atoms with Crippen LogP contribution >= 0.6 is 0 Å². The molecule has 0 spiro atoms. The van der Waals surface area contributed by atoms with E-state index in [2.05, 4.69) is 5.10 Å². The van der Waals surface area contributed by atoms with Crippen molar-refractivity contribution in [3.05, 3.63) is 63.7 Å². The second-order valence-electron chi connectivity index (χ2n) is 4.67. The molecular formula is C14H13N3O5S. The summed E-state index contributed by atoms with van der Waals surface area (Å²) >= 11 is 0. The topological polar surface area (TPSA) is 122 Å². The third-order valence-electron chi connectivity index (χ3n) is 2.91. The molecule has 0 amide bonds. The van der Waals surface area contributed by atoms with Gasteiger partial charge in [-0.1, -0.05) is 17.7 Å². The fourth-order valence-corrected chi connectivity index (χ4v) is 2.50. The molecule has 2 aromatic rings. The lowest BCUT2D eigenvalue weighted by atomic mass is 10.2. The van der Waals surface area contributed by atoms with Crippen molar-refractivity contribution >= 4 is 21.9 Å². The van der Waals surface area contributed by atoms with Gasteiger partial charge in [0.2, 0.25) is 0 Å². The minimum Gasteiger partial charge on any atom is -0.502 e. The molecule has 9 heteroatoms. The number of nitro groups is 1. The zero-order valence-electron chi connectivity index (χ0n) is 12.0. The van der Waals surface area contributed by atoms with Crippen LogP contribution in [0, 0.1) is 17.0 Å². The van der Waals surface area contributed by atoms with Crippen molar-refractivity contribution in [3.8, 4) is 5.75 Å². The number of hydrogen-bond donors (Lipinski definition) is 2. The third kappa shape index (κ3) is 4.04. The minimum absolute atomic E-state index is 0.0527. The highest BCUT2D eigenvalue weighted by Crippen LogP contribution is 2.25. The minimum atomic E-state index is -3.81. The van der Waals surface area contributed by atoms with Gasteiger partial charge in [-0.15, -0.1) is 0 Å². The molecule has 0 fully saturated rings. The maximum absolute atomic E-state index is 12.0. The number of rotatable bonds is 5. The number of hydrogen-bond acceptors (Lipinski definition) is 6. The molecule has 120 valence electrons. The van der Waals surface area contributed by atoms with Gasteiger partial charge in [-0.2, -0.15) is 13.5 Å². The summed E-state index contributed by atoms with van der Waals surface area (Å²) in [6.45, 7) is 1.83. The van der Waals surface area contributed by atoms with Crippen LogP contribution in [0.1, 0.15) is 11.1 Å². The monoisotopic (exact) mass is 335 g/mol. The van der Waals surface area contributed by atoms with E-state index in [1.165, 1.54) is 18.2 Å². The van der Waals surface area contributed by atoms with Gasteiger partial charge in [0.25, 0.3) is 10.0 Å². The first-order valence-corrected chi connectivity index (χ1v) is 7.87. The van der Waals surface area contributed by atoms with Crippen molar-refractivity contribution in [1.82, 2.24) is 4.83 Å². The van der Waals surface area contributed by atoms with E-state index >= 15 is 0 Å². The maximum atomic E-state index is 12.0. The van der Waals surface area contributed by atoms with Gasteiger partial charge in [-0.25, -0.2) is 4.83 Å². The Bertz CT molecular complexity index is 860. The Morgan fingerprint density at radius 3 is 2.48 bits per heavy atom. The van der Waals surface area contributed by atoms with E-state index in [0.717, 1.165) is 23.9 Å². The van der Waals surface area contributed by atoms with Crippen molar-refractivity contribution in [2.45, 2.75) is 11.8 Å². The highest BCUT2D eigenvalue weighted by Gasteiger charge is 2.14. The first-order chi connectivity index (χ1) is 10.8. The Balaban J connectivity index is 2.17. The van der Waals surface area contributed by atoms with Crippen LogP contribution in [0.3, 0.4) is 0 Å². The number of aromatic hydroxyl groups is 1. The molecule has 0 bridgehead atoms. The Kier molecular flexibility index (Phi) is 4.60. The van der Waals surface area contributed by atoms with Crippen molar-refractivity contribution in [2.75, 3.05) is 0 Å². The Hall–Kier alpha value is -2.94. The van der Waals surface area contributed by atoms with Gasteiger partial charge in [0.15, 0.2) is 5.75 Å². The lowest BCUT2D eigenvalue weighted by Crippen LogP contribution is -2.18. The smallest absolute Gasteiger partial charge is 0.311 e. The summed E-state index contributed by atoms with van der Waals surface area (Å²) < 4.78 is 24.0. The van der Waals surface area contributed by atoms with E-state index in [9.17, 15) is 23.6 Å². The molecule has 23 heavy (non-hydrogen) atoms. The number of benzene rings is 2. The van der Waals surface area contributed by atoms with Crippen LogP contribution in [0.5, 0.6) is 5.75 Å². The van der Waals surface area contributed by atoms with Gasteiger partial charge < -0.3 is 5.11 Å². The molecule has 0 saturated heterocycles. The zero-order valence-corrected chi connectivity index (χ0v) is 12.8. The van der Waals surface area contributed by atoms with Gasteiger partial charge >= 0.3 is 5.69 Å². The third-order valence-corrected chi connectivity index (χ3v) is 4.15. The second-order valence-corrected chi connectivity index (χ2v) is 6.33. The fraction of sp³-hybridized carbons (Fsp3) is 0.0714. The fourth-order valence-electron chi connectivity index (χ4n) is 1.71. The number of sulfonamides is 1. The highest BCUT2D eigenvalue weighted by atomic mass is 32.2. The summed E-state index contributed by atoms with van der Waals surface area (Å²) in [5, 5.41) is 23.6. The summed E-state index contributed by atoms with van der Waals surface area (Å²) in [6, 6.07) is 9.78.